The van der Waals surface area contributed by atoms with Crippen LogP contribution in [0.5, 0.6) is 0 Å². The molecule has 4 nitrogen and oxygen atoms in total. The summed E-state index contributed by atoms with van der Waals surface area (Å²) in [5.74, 6) is 0.575. The first-order valence-corrected chi connectivity index (χ1v) is 11.3. The molecule has 0 N–H and O–H groups in total. The number of amides is 1. The lowest BCUT2D eigenvalue weighted by Gasteiger charge is -2.28. The van der Waals surface area contributed by atoms with Gasteiger partial charge in [-0.25, -0.2) is 12.8 Å². The SMILES string of the molecule is O=C(CSCc1ccc(F)cc1)N(c1ccccc1)[C@@H]1CCS(=O)(=O)C1. The van der Waals surface area contributed by atoms with Crippen molar-refractivity contribution in [3.8, 4) is 0 Å². The fourth-order valence-corrected chi connectivity index (χ4v) is 5.58. The second kappa shape index (κ2) is 8.22. The standard InChI is InChI=1S/C19H20FNO3S2/c20-16-8-6-15(7-9-16)12-25-13-19(22)21(17-4-2-1-3-5-17)18-10-11-26(23,24)14-18/h1-9,18H,10-14H2/t18-/m1/s1. The molecule has 0 saturated carbocycles. The van der Waals surface area contributed by atoms with Crippen molar-refractivity contribution in [1.82, 2.24) is 0 Å². The molecule has 1 atom stereocenters. The van der Waals surface area contributed by atoms with Crippen molar-refractivity contribution < 1.29 is 17.6 Å². The molecule has 138 valence electrons. The topological polar surface area (TPSA) is 54.5 Å². The summed E-state index contributed by atoms with van der Waals surface area (Å²) in [5, 5.41) is 0. The summed E-state index contributed by atoms with van der Waals surface area (Å²) in [6.45, 7) is 0. The maximum Gasteiger partial charge on any atom is 0.237 e. The zero-order chi connectivity index (χ0) is 18.6. The molecule has 2 aromatic rings. The van der Waals surface area contributed by atoms with Crippen molar-refractivity contribution in [2.45, 2.75) is 18.2 Å². The molecule has 26 heavy (non-hydrogen) atoms. The third-order valence-electron chi connectivity index (χ3n) is 4.28. The molecule has 1 aliphatic rings. The van der Waals surface area contributed by atoms with Crippen LogP contribution in [0.3, 0.4) is 0 Å². The van der Waals surface area contributed by atoms with Gasteiger partial charge in [0, 0.05) is 11.4 Å². The normalized spacial score (nSPS) is 18.6. The maximum absolute atomic E-state index is 12.9. The second-order valence-corrected chi connectivity index (χ2v) is 9.49. The van der Waals surface area contributed by atoms with E-state index < -0.39 is 9.84 Å². The quantitative estimate of drug-likeness (QED) is 0.756. The van der Waals surface area contributed by atoms with Crippen molar-refractivity contribution in [3.63, 3.8) is 0 Å². The van der Waals surface area contributed by atoms with Gasteiger partial charge in [-0.2, -0.15) is 0 Å². The molecule has 0 radical (unpaired) electrons. The van der Waals surface area contributed by atoms with Gasteiger partial charge in [0.25, 0.3) is 0 Å². The first kappa shape index (κ1) is 18.9. The summed E-state index contributed by atoms with van der Waals surface area (Å²) in [6, 6.07) is 15.1. The van der Waals surface area contributed by atoms with Crippen LogP contribution in [0.2, 0.25) is 0 Å². The van der Waals surface area contributed by atoms with Gasteiger partial charge in [-0.05, 0) is 36.2 Å². The average molecular weight is 394 g/mol. The van der Waals surface area contributed by atoms with Gasteiger partial charge in [-0.3, -0.25) is 4.79 Å². The molecule has 0 bridgehead atoms. The summed E-state index contributed by atoms with van der Waals surface area (Å²) in [5.41, 5.74) is 1.67. The Morgan fingerprint density at radius 2 is 1.81 bits per heavy atom. The molecule has 3 rings (SSSR count). The van der Waals surface area contributed by atoms with E-state index in [-0.39, 0.29) is 35.0 Å². The Bertz CT molecular complexity index is 854. The molecule has 1 heterocycles. The molecule has 1 fully saturated rings. The van der Waals surface area contributed by atoms with Crippen LogP contribution in [0, 0.1) is 5.82 Å². The van der Waals surface area contributed by atoms with Gasteiger partial charge in [0.2, 0.25) is 5.91 Å². The Labute approximate surface area is 157 Å². The van der Waals surface area contributed by atoms with E-state index in [0.29, 0.717) is 12.2 Å². The van der Waals surface area contributed by atoms with Gasteiger partial charge >= 0.3 is 0 Å². The number of rotatable bonds is 6. The largest absolute Gasteiger partial charge is 0.308 e. The Balaban J connectivity index is 1.68. The predicted octanol–water partition coefficient (Wildman–Crippen LogP) is 3.28. The lowest BCUT2D eigenvalue weighted by molar-refractivity contribution is -0.116. The third kappa shape index (κ3) is 4.86. The zero-order valence-electron chi connectivity index (χ0n) is 14.2. The van der Waals surface area contributed by atoms with Crippen molar-refractivity contribution in [1.29, 1.82) is 0 Å². The molecule has 0 aliphatic carbocycles. The minimum atomic E-state index is -3.09. The molecule has 2 aromatic carbocycles. The van der Waals surface area contributed by atoms with Gasteiger partial charge in [0.15, 0.2) is 9.84 Å². The highest BCUT2D eigenvalue weighted by Gasteiger charge is 2.35. The Kier molecular flexibility index (Phi) is 5.98. The first-order valence-electron chi connectivity index (χ1n) is 8.34. The van der Waals surface area contributed by atoms with E-state index in [1.54, 1.807) is 17.0 Å². The molecule has 0 aromatic heterocycles. The van der Waals surface area contributed by atoms with Gasteiger partial charge in [0.1, 0.15) is 5.82 Å². The van der Waals surface area contributed by atoms with Crippen LogP contribution in [0.4, 0.5) is 10.1 Å². The number of halogens is 1. The monoisotopic (exact) mass is 393 g/mol. The third-order valence-corrected chi connectivity index (χ3v) is 7.02. The van der Waals surface area contributed by atoms with E-state index in [1.807, 2.05) is 30.3 Å². The van der Waals surface area contributed by atoms with E-state index in [2.05, 4.69) is 0 Å². The number of sulfone groups is 1. The molecule has 7 heteroatoms. The molecular weight excluding hydrogens is 373 g/mol. The number of anilines is 1. The Morgan fingerprint density at radius 3 is 2.42 bits per heavy atom. The number of hydrogen-bond acceptors (Lipinski definition) is 4. The van der Waals surface area contributed by atoms with Crippen LogP contribution in [0.1, 0.15) is 12.0 Å². The van der Waals surface area contributed by atoms with Crippen molar-refractivity contribution in [2.75, 3.05) is 22.2 Å². The van der Waals surface area contributed by atoms with Crippen molar-refractivity contribution in [3.05, 3.63) is 66.0 Å². The van der Waals surface area contributed by atoms with Crippen LogP contribution in [0.15, 0.2) is 54.6 Å². The van der Waals surface area contributed by atoms with Crippen LogP contribution in [-0.2, 0) is 20.4 Å². The molecule has 0 spiro atoms. The van der Waals surface area contributed by atoms with Crippen LogP contribution in [0.25, 0.3) is 0 Å². The smallest absolute Gasteiger partial charge is 0.237 e. The van der Waals surface area contributed by atoms with Gasteiger partial charge in [-0.15, -0.1) is 11.8 Å². The average Bonchev–Trinajstić information content (AvgIpc) is 2.97. The lowest BCUT2D eigenvalue weighted by Crippen LogP contribution is -2.42. The minimum absolute atomic E-state index is 0.0102. The van der Waals surface area contributed by atoms with Crippen LogP contribution >= 0.6 is 11.8 Å². The van der Waals surface area contributed by atoms with Crippen molar-refractivity contribution >= 4 is 33.2 Å². The number of carbonyl (C=O) groups is 1. The summed E-state index contributed by atoms with van der Waals surface area (Å²) >= 11 is 1.44. The molecule has 1 aliphatic heterocycles. The fraction of sp³-hybridized carbons (Fsp3) is 0.316. The maximum atomic E-state index is 12.9. The number of benzene rings is 2. The van der Waals surface area contributed by atoms with Crippen molar-refractivity contribution in [2.24, 2.45) is 0 Å². The molecule has 1 amide bonds. The lowest BCUT2D eigenvalue weighted by atomic mass is 10.2. The van der Waals surface area contributed by atoms with E-state index in [0.717, 1.165) is 11.3 Å². The molecular formula is C19H20FNO3S2. The van der Waals surface area contributed by atoms with E-state index >= 15 is 0 Å². The van der Waals surface area contributed by atoms with Crippen LogP contribution in [-0.4, -0.2) is 37.6 Å². The van der Waals surface area contributed by atoms with Gasteiger partial charge in [0.05, 0.1) is 23.3 Å². The summed E-state index contributed by atoms with van der Waals surface area (Å²) < 4.78 is 36.7. The highest BCUT2D eigenvalue weighted by Crippen LogP contribution is 2.26. The summed E-state index contributed by atoms with van der Waals surface area (Å²) in [6.07, 6.45) is 0.464. The summed E-state index contributed by atoms with van der Waals surface area (Å²) in [7, 11) is -3.09. The zero-order valence-corrected chi connectivity index (χ0v) is 15.8. The highest BCUT2D eigenvalue weighted by atomic mass is 32.2. The van der Waals surface area contributed by atoms with E-state index in [4.69, 9.17) is 0 Å². The molecule has 0 unspecified atom stereocenters. The van der Waals surface area contributed by atoms with Crippen LogP contribution < -0.4 is 4.90 Å². The predicted molar refractivity (Wildman–Crippen MR) is 104 cm³/mol. The van der Waals surface area contributed by atoms with E-state index in [1.165, 1.54) is 23.9 Å². The first-order chi connectivity index (χ1) is 12.4. The number of carbonyl (C=O) groups excluding carboxylic acids is 1. The van der Waals surface area contributed by atoms with Gasteiger partial charge in [-0.1, -0.05) is 30.3 Å². The minimum Gasteiger partial charge on any atom is -0.308 e. The number of thioether (sulfide) groups is 1. The Morgan fingerprint density at radius 1 is 1.12 bits per heavy atom. The van der Waals surface area contributed by atoms with E-state index in [9.17, 15) is 17.6 Å². The molecule has 1 saturated heterocycles. The fourth-order valence-electron chi connectivity index (χ4n) is 3.03. The summed E-state index contributed by atoms with van der Waals surface area (Å²) in [4.78, 5) is 14.5. The van der Waals surface area contributed by atoms with Gasteiger partial charge < -0.3 is 4.90 Å². The second-order valence-electron chi connectivity index (χ2n) is 6.28. The highest BCUT2D eigenvalue weighted by molar-refractivity contribution is 7.99. The number of para-hydroxylation sites is 1. The number of hydrogen-bond donors (Lipinski definition) is 0. The number of nitrogens with zero attached hydrogens (tertiary/aromatic N) is 1. The Hall–Kier alpha value is -1.86.